The van der Waals surface area contributed by atoms with Gasteiger partial charge in [-0.15, -0.1) is 11.3 Å². The zero-order chi connectivity index (χ0) is 22.8. The van der Waals surface area contributed by atoms with Gasteiger partial charge in [0.15, 0.2) is 5.76 Å². The Kier molecular flexibility index (Phi) is 5.78. The van der Waals surface area contributed by atoms with Crippen molar-refractivity contribution in [3.63, 3.8) is 0 Å². The second-order valence-electron chi connectivity index (χ2n) is 7.96. The molecule has 9 heteroatoms. The maximum absolute atomic E-state index is 12.5. The van der Waals surface area contributed by atoms with E-state index in [1.165, 1.54) is 11.1 Å². The van der Waals surface area contributed by atoms with Crippen molar-refractivity contribution < 1.29 is 14.0 Å². The number of hydrogen-bond donors (Lipinski definition) is 3. The Balaban J connectivity index is 1.13. The van der Waals surface area contributed by atoms with Crippen molar-refractivity contribution in [3.8, 4) is 0 Å². The third kappa shape index (κ3) is 4.58. The molecule has 168 valence electrons. The molecule has 0 atom stereocenters. The van der Waals surface area contributed by atoms with E-state index >= 15 is 0 Å². The van der Waals surface area contributed by atoms with Crippen LogP contribution in [0.2, 0.25) is 0 Å². The Hall–Kier alpha value is -3.72. The third-order valence-corrected chi connectivity index (χ3v) is 6.85. The average molecular weight is 463 g/mol. The van der Waals surface area contributed by atoms with Gasteiger partial charge in [0.2, 0.25) is 5.91 Å². The minimum Gasteiger partial charge on any atom is -0.459 e. The molecule has 1 aromatic carbocycles. The van der Waals surface area contributed by atoms with Crippen molar-refractivity contribution in [1.29, 1.82) is 0 Å². The summed E-state index contributed by atoms with van der Waals surface area (Å²) < 4.78 is 5.07. The number of benzene rings is 1. The van der Waals surface area contributed by atoms with Crippen LogP contribution in [0.15, 0.2) is 51.9 Å². The van der Waals surface area contributed by atoms with Gasteiger partial charge in [0.05, 0.1) is 11.6 Å². The van der Waals surface area contributed by atoms with E-state index in [0.29, 0.717) is 24.5 Å². The number of hydrogen-bond acceptors (Lipinski definition) is 6. The number of furan rings is 1. The largest absolute Gasteiger partial charge is 0.459 e. The number of aryl methyl sites for hydroxylation is 3. The molecule has 0 aliphatic heterocycles. The number of aromatic nitrogens is 2. The second-order valence-corrected chi connectivity index (χ2v) is 9.04. The molecular formula is C24H22N4O4S. The number of amides is 2. The molecule has 0 fully saturated rings. The number of nitrogens with zero attached hydrogens (tertiary/aromatic N) is 1. The van der Waals surface area contributed by atoms with E-state index in [1.54, 1.807) is 35.6 Å². The SMILES string of the molecule is O=C(CCc1nc2sc3c(c2c(=O)[nH]1)CCC3)NCc1ccc(NC(=O)c2ccco2)cc1. The van der Waals surface area contributed by atoms with Crippen molar-refractivity contribution in [1.82, 2.24) is 15.3 Å². The van der Waals surface area contributed by atoms with Crippen LogP contribution in [0.5, 0.6) is 0 Å². The molecule has 4 aromatic rings. The van der Waals surface area contributed by atoms with Crippen molar-refractivity contribution in [2.45, 2.75) is 38.6 Å². The number of anilines is 1. The molecule has 0 unspecified atom stereocenters. The number of carbonyl (C=O) groups is 2. The van der Waals surface area contributed by atoms with E-state index < -0.39 is 0 Å². The van der Waals surface area contributed by atoms with Crippen molar-refractivity contribution in [3.05, 3.63) is 80.6 Å². The number of fused-ring (bicyclic) bond motifs is 3. The zero-order valence-electron chi connectivity index (χ0n) is 17.8. The number of nitrogens with one attached hydrogen (secondary N) is 3. The number of H-pyrrole nitrogens is 1. The number of aromatic amines is 1. The van der Waals surface area contributed by atoms with E-state index in [0.717, 1.165) is 40.6 Å². The van der Waals surface area contributed by atoms with Crippen LogP contribution in [-0.2, 0) is 30.6 Å². The molecule has 8 nitrogen and oxygen atoms in total. The lowest BCUT2D eigenvalue weighted by atomic mass is 10.2. The Bertz CT molecular complexity index is 1370. The molecule has 1 aliphatic carbocycles. The summed E-state index contributed by atoms with van der Waals surface area (Å²) in [6.07, 6.45) is 5.11. The predicted molar refractivity (Wildman–Crippen MR) is 126 cm³/mol. The molecule has 0 bridgehead atoms. The van der Waals surface area contributed by atoms with Crippen LogP contribution in [-0.4, -0.2) is 21.8 Å². The van der Waals surface area contributed by atoms with Gasteiger partial charge in [-0.1, -0.05) is 12.1 Å². The summed E-state index contributed by atoms with van der Waals surface area (Å²) in [7, 11) is 0. The summed E-state index contributed by atoms with van der Waals surface area (Å²) in [6.45, 7) is 0.367. The summed E-state index contributed by atoms with van der Waals surface area (Å²) in [5, 5.41) is 6.35. The Morgan fingerprint density at radius 2 is 2.00 bits per heavy atom. The van der Waals surface area contributed by atoms with Gasteiger partial charge in [-0.2, -0.15) is 0 Å². The smallest absolute Gasteiger partial charge is 0.291 e. The summed E-state index contributed by atoms with van der Waals surface area (Å²) >= 11 is 1.60. The lowest BCUT2D eigenvalue weighted by Gasteiger charge is -2.07. The Morgan fingerprint density at radius 1 is 1.15 bits per heavy atom. The van der Waals surface area contributed by atoms with E-state index in [2.05, 4.69) is 20.6 Å². The van der Waals surface area contributed by atoms with Gasteiger partial charge in [0.1, 0.15) is 10.7 Å². The van der Waals surface area contributed by atoms with Gasteiger partial charge in [0.25, 0.3) is 11.5 Å². The van der Waals surface area contributed by atoms with Crippen LogP contribution < -0.4 is 16.2 Å². The average Bonchev–Trinajstić information content (AvgIpc) is 3.54. The molecule has 3 heterocycles. The third-order valence-electron chi connectivity index (χ3n) is 5.66. The predicted octanol–water partition coefficient (Wildman–Crippen LogP) is 3.57. The molecule has 2 amide bonds. The molecule has 3 N–H and O–H groups in total. The quantitative estimate of drug-likeness (QED) is 0.388. The molecule has 0 spiro atoms. The van der Waals surface area contributed by atoms with Gasteiger partial charge in [-0.05, 0) is 54.7 Å². The van der Waals surface area contributed by atoms with Gasteiger partial charge in [-0.3, -0.25) is 14.4 Å². The topological polar surface area (TPSA) is 117 Å². The van der Waals surface area contributed by atoms with Gasteiger partial charge < -0.3 is 20.0 Å². The normalized spacial score (nSPS) is 12.6. The highest BCUT2D eigenvalue weighted by atomic mass is 32.1. The highest BCUT2D eigenvalue weighted by Crippen LogP contribution is 2.34. The number of thiophene rings is 1. The van der Waals surface area contributed by atoms with Crippen molar-refractivity contribution in [2.75, 3.05) is 5.32 Å². The fraction of sp³-hybridized carbons (Fsp3) is 0.250. The van der Waals surface area contributed by atoms with Crippen LogP contribution >= 0.6 is 11.3 Å². The lowest BCUT2D eigenvalue weighted by Crippen LogP contribution is -2.23. The Morgan fingerprint density at radius 3 is 2.79 bits per heavy atom. The maximum Gasteiger partial charge on any atom is 0.291 e. The lowest BCUT2D eigenvalue weighted by molar-refractivity contribution is -0.121. The molecule has 3 aromatic heterocycles. The molecule has 33 heavy (non-hydrogen) atoms. The summed E-state index contributed by atoms with van der Waals surface area (Å²) in [4.78, 5) is 46.3. The zero-order valence-corrected chi connectivity index (χ0v) is 18.6. The molecule has 0 saturated carbocycles. The van der Waals surface area contributed by atoms with Crippen molar-refractivity contribution >= 4 is 39.1 Å². The van der Waals surface area contributed by atoms with E-state index in [1.807, 2.05) is 12.1 Å². The minimum atomic E-state index is -0.321. The summed E-state index contributed by atoms with van der Waals surface area (Å²) in [6, 6.07) is 10.5. The molecule has 0 radical (unpaired) electrons. The second kappa shape index (κ2) is 9.03. The van der Waals surface area contributed by atoms with E-state index in [9.17, 15) is 14.4 Å². The molecular weight excluding hydrogens is 440 g/mol. The minimum absolute atomic E-state index is 0.103. The molecule has 5 rings (SSSR count). The first-order chi connectivity index (χ1) is 16.1. The maximum atomic E-state index is 12.5. The highest BCUT2D eigenvalue weighted by Gasteiger charge is 2.21. The molecule has 0 saturated heterocycles. The molecule has 1 aliphatic rings. The Labute approximate surface area is 193 Å². The first kappa shape index (κ1) is 21.1. The van der Waals surface area contributed by atoms with Crippen LogP contribution in [0, 0.1) is 0 Å². The highest BCUT2D eigenvalue weighted by molar-refractivity contribution is 7.18. The monoisotopic (exact) mass is 462 g/mol. The van der Waals surface area contributed by atoms with Gasteiger partial charge in [-0.25, -0.2) is 4.98 Å². The van der Waals surface area contributed by atoms with Crippen LogP contribution in [0.1, 0.15) is 45.2 Å². The first-order valence-corrected chi connectivity index (χ1v) is 11.6. The standard InChI is InChI=1S/C24H22N4O4S/c29-20(11-10-19-27-23(31)21-16-3-1-5-18(16)33-24(21)28-19)25-13-14-6-8-15(9-7-14)26-22(30)17-4-2-12-32-17/h2,4,6-9,12H,1,3,5,10-11,13H2,(H,25,29)(H,26,30)(H,27,28,31). The fourth-order valence-electron chi connectivity index (χ4n) is 3.99. The first-order valence-electron chi connectivity index (χ1n) is 10.8. The fourth-order valence-corrected chi connectivity index (χ4v) is 5.27. The summed E-state index contributed by atoms with van der Waals surface area (Å²) in [5.74, 6) is 0.336. The number of carbonyl (C=O) groups excluding carboxylic acids is 2. The van der Waals surface area contributed by atoms with Crippen LogP contribution in [0.3, 0.4) is 0 Å². The van der Waals surface area contributed by atoms with E-state index in [4.69, 9.17) is 4.42 Å². The number of rotatable bonds is 7. The van der Waals surface area contributed by atoms with Crippen LogP contribution in [0.4, 0.5) is 5.69 Å². The van der Waals surface area contributed by atoms with Gasteiger partial charge >= 0.3 is 0 Å². The van der Waals surface area contributed by atoms with Crippen LogP contribution in [0.25, 0.3) is 10.2 Å². The van der Waals surface area contributed by atoms with E-state index in [-0.39, 0.29) is 29.6 Å². The van der Waals surface area contributed by atoms with Gasteiger partial charge in [0, 0.05) is 30.0 Å². The van der Waals surface area contributed by atoms with Crippen molar-refractivity contribution in [2.24, 2.45) is 0 Å². The summed E-state index contributed by atoms with van der Waals surface area (Å²) in [5.41, 5.74) is 2.59.